The van der Waals surface area contributed by atoms with E-state index >= 15 is 0 Å². The number of halogens is 24. The summed E-state index contributed by atoms with van der Waals surface area (Å²) in [6.07, 6.45) is 17.0. The molecule has 35 heteroatoms. The summed E-state index contributed by atoms with van der Waals surface area (Å²) in [4.78, 5) is 0. The van der Waals surface area contributed by atoms with E-state index in [1.165, 1.54) is 33.4 Å². The van der Waals surface area contributed by atoms with Gasteiger partial charge in [-0.1, -0.05) is 12.1 Å². The average molecular weight is 1250 g/mol. The van der Waals surface area contributed by atoms with Crippen molar-refractivity contribution in [2.75, 3.05) is 13.2 Å². The molecule has 7 nitrogen and oxygen atoms in total. The standard InChI is InChI=1S/C44H38N4O3.4F6P/c1-7-41-42-8-2-34-30-44(42)51-43(41)29-33(1)31-47-21-13-37(14-22-47)35-9-17-45(18-10-35)25-27-49-39-3-5-40(6-4-39)50-28-26-46-19-11-36(12-20-46)38-15-23-48(32-34)24-16-38;4*1-7(2,3,4,5)6/h1-24,29-30H,25-28,31-32H2;;;;/q+4;4*-1. The first-order valence-electron chi connectivity index (χ1n) is 21.5. The van der Waals surface area contributed by atoms with Gasteiger partial charge in [-0.25, -0.2) is 18.3 Å². The molecular weight excluding hydrogens is 1210 g/mol. The minimum absolute atomic E-state index is 0.575. The molecule has 8 aliphatic heterocycles. The van der Waals surface area contributed by atoms with Crippen LogP contribution in [0.1, 0.15) is 11.1 Å². The van der Waals surface area contributed by atoms with Gasteiger partial charge in [-0.15, -0.1) is 0 Å². The van der Waals surface area contributed by atoms with Crippen LogP contribution in [0.3, 0.4) is 0 Å². The summed E-state index contributed by atoms with van der Waals surface area (Å²) in [7, 11) is -42.6. The van der Waals surface area contributed by atoms with E-state index < -0.39 is 31.2 Å². The Bertz CT molecular complexity index is 3100. The number of aromatic nitrogens is 4. The Morgan fingerprint density at radius 3 is 0.759 bits per heavy atom. The largest absolute Gasteiger partial charge is 0.487 e. The Morgan fingerprint density at radius 1 is 0.291 bits per heavy atom. The van der Waals surface area contributed by atoms with E-state index in [2.05, 4.69) is 153 Å². The van der Waals surface area contributed by atoms with Crippen LogP contribution in [0.2, 0.25) is 0 Å². The summed E-state index contributed by atoms with van der Waals surface area (Å²) in [5.74, 6) is 1.66. The fraction of sp³-hybridized carbons (Fsp3) is 0.136. The van der Waals surface area contributed by atoms with Crippen LogP contribution in [0.25, 0.3) is 44.2 Å². The molecule has 0 saturated carbocycles. The van der Waals surface area contributed by atoms with Crippen LogP contribution in [-0.2, 0) is 26.2 Å². The van der Waals surface area contributed by atoms with Gasteiger partial charge in [-0.05, 0) is 70.8 Å². The predicted octanol–water partition coefficient (Wildman–Crippen LogP) is 20.2. The molecule has 0 N–H and O–H groups in total. The molecule has 0 atom stereocenters. The molecule has 0 fully saturated rings. The van der Waals surface area contributed by atoms with Crippen LogP contribution in [0.4, 0.5) is 101 Å². The van der Waals surface area contributed by atoms with E-state index in [-0.39, 0.29) is 0 Å². The van der Waals surface area contributed by atoms with Crippen molar-refractivity contribution >= 4 is 53.2 Å². The van der Waals surface area contributed by atoms with Crippen LogP contribution < -0.4 is 27.7 Å². The van der Waals surface area contributed by atoms with Gasteiger partial charge in [0.15, 0.2) is 75.8 Å². The first-order chi connectivity index (χ1) is 35.0. The third-order valence-electron chi connectivity index (χ3n) is 9.62. The molecule has 0 aliphatic carbocycles. The van der Waals surface area contributed by atoms with Crippen molar-refractivity contribution in [3.63, 3.8) is 0 Å². The summed E-state index contributed by atoms with van der Waals surface area (Å²) < 4.78 is 264. The van der Waals surface area contributed by atoms with Crippen molar-refractivity contribution in [3.05, 3.63) is 170 Å². The maximum Gasteiger partial charge on any atom is 0.182 e. The van der Waals surface area contributed by atoms with E-state index in [0.29, 0.717) is 13.2 Å². The van der Waals surface area contributed by atoms with Gasteiger partial charge in [0, 0.05) is 70.4 Å². The normalized spacial score (nSPS) is 16.8. The molecule has 79 heavy (non-hydrogen) atoms. The molecule has 0 radical (unpaired) electrons. The van der Waals surface area contributed by atoms with Crippen molar-refractivity contribution in [1.82, 2.24) is 0 Å². The summed E-state index contributed by atoms with van der Waals surface area (Å²) >= 11 is 0. The Kier molecular flexibility index (Phi) is 15.4. The van der Waals surface area contributed by atoms with E-state index in [1.54, 1.807) is 0 Å². The molecule has 5 aromatic heterocycles. The van der Waals surface area contributed by atoms with E-state index in [1.807, 2.05) is 24.3 Å². The summed E-state index contributed by atoms with van der Waals surface area (Å²) in [5.41, 5.74) is 8.94. The second-order valence-corrected chi connectivity index (χ2v) is 24.6. The summed E-state index contributed by atoms with van der Waals surface area (Å²) in [6.45, 7) is 4.18. The second-order valence-electron chi connectivity index (χ2n) is 16.9. The topological polar surface area (TPSA) is 47.1 Å². The van der Waals surface area contributed by atoms with E-state index in [0.717, 1.165) is 59.6 Å². The minimum Gasteiger partial charge on any atom is -0.487 e. The monoisotopic (exact) mass is 1250 g/mol. The number of furan rings is 1. The van der Waals surface area contributed by atoms with E-state index in [9.17, 15) is 101 Å². The number of hydrogen-bond acceptors (Lipinski definition) is 3. The molecule has 8 aromatic rings. The van der Waals surface area contributed by atoms with Crippen LogP contribution in [-0.4, -0.2) is 13.2 Å². The quantitative estimate of drug-likeness (QED) is 0.0864. The average Bonchev–Trinajstić information content (AvgIpc) is 3.60. The van der Waals surface area contributed by atoms with Crippen molar-refractivity contribution in [2.24, 2.45) is 0 Å². The van der Waals surface area contributed by atoms with Crippen molar-refractivity contribution in [1.29, 1.82) is 0 Å². The van der Waals surface area contributed by atoms with Crippen molar-refractivity contribution < 1.29 is 133 Å². The maximum atomic E-state index is 9.87. The molecule has 0 amide bonds. The number of rotatable bonds is 0. The van der Waals surface area contributed by atoms with Gasteiger partial charge in [-0.2, -0.15) is 0 Å². The second kappa shape index (κ2) is 19.2. The Balaban J connectivity index is 0.000000338. The SMILES string of the molecule is F[P-](F)(F)(F)(F)F.F[P-](F)(F)(F)(F)F.F[P-](F)(F)(F)(F)F.F[P-](F)(F)(F)(F)F.c1cc2c3cc1C[n+]1ccc(cc1)-c1cc[n+](cc1)CCOc1ccc(cc1)OCC[n+]1ccc(cc1)-c1cc[n+](cc1)Cc1ccc2c(c1)o3. The van der Waals surface area contributed by atoms with Crippen LogP contribution in [0.5, 0.6) is 11.5 Å². The zero-order chi connectivity index (χ0) is 59.6. The number of pyridine rings is 4. The van der Waals surface area contributed by atoms with Gasteiger partial charge >= 0.3 is 132 Å². The molecule has 16 rings (SSSR count). The first kappa shape index (κ1) is 63.5. The molecule has 0 saturated heterocycles. The molecule has 0 spiro atoms. The minimum atomic E-state index is -10.7. The molecule has 440 valence electrons. The number of benzene rings is 3. The Labute approximate surface area is 428 Å². The molecule has 3 aromatic carbocycles. The third-order valence-corrected chi connectivity index (χ3v) is 9.62. The molecule has 8 aliphatic rings. The summed E-state index contributed by atoms with van der Waals surface area (Å²) in [6, 6.07) is 38.3. The fourth-order valence-electron chi connectivity index (χ4n) is 6.76. The smallest absolute Gasteiger partial charge is 0.182 e. The fourth-order valence-corrected chi connectivity index (χ4v) is 6.76. The molecule has 14 bridgehead atoms. The third kappa shape index (κ3) is 31.2. The van der Waals surface area contributed by atoms with E-state index in [4.69, 9.17) is 13.9 Å². The van der Waals surface area contributed by atoms with Gasteiger partial charge in [0.2, 0.25) is 0 Å². The van der Waals surface area contributed by atoms with Gasteiger partial charge < -0.3 is 13.9 Å². The Morgan fingerprint density at radius 2 is 0.519 bits per heavy atom. The van der Waals surface area contributed by atoms with Crippen LogP contribution >= 0.6 is 31.2 Å². The zero-order valence-corrected chi connectivity index (χ0v) is 42.7. The van der Waals surface area contributed by atoms with Gasteiger partial charge in [-0.3, -0.25) is 0 Å². The Hall–Kier alpha value is -6.30. The molecule has 0 unspecified atom stereocenters. The van der Waals surface area contributed by atoms with Crippen LogP contribution in [0, 0.1) is 0 Å². The van der Waals surface area contributed by atoms with Gasteiger partial charge in [0.25, 0.3) is 0 Å². The van der Waals surface area contributed by atoms with Crippen LogP contribution in [0.15, 0.2) is 163 Å². The maximum absolute atomic E-state index is 10.7. The number of ether oxygens (including phenoxy) is 2. The number of fused-ring (bicyclic) bond motifs is 2. The number of nitrogens with zero attached hydrogens (tertiary/aromatic N) is 4. The molecule has 13 heterocycles. The number of hydrogen-bond donors (Lipinski definition) is 0. The van der Waals surface area contributed by atoms with Crippen molar-refractivity contribution in [2.45, 2.75) is 26.2 Å². The van der Waals surface area contributed by atoms with Crippen molar-refractivity contribution in [3.8, 4) is 33.8 Å². The first-order valence-corrected chi connectivity index (χ1v) is 29.6. The van der Waals surface area contributed by atoms with Gasteiger partial charge in [0.1, 0.15) is 35.9 Å². The molecular formula is C44H38F24N4O3P4. The zero-order valence-electron chi connectivity index (χ0n) is 39.1. The van der Waals surface area contributed by atoms with Gasteiger partial charge in [0.05, 0.1) is 0 Å². The summed E-state index contributed by atoms with van der Waals surface area (Å²) in [5, 5.41) is 2.29. The predicted molar refractivity (Wildman–Crippen MR) is 248 cm³/mol.